The molecule has 1 N–H and O–H groups in total. The van der Waals surface area contributed by atoms with Gasteiger partial charge in [-0.1, -0.05) is 35.3 Å². The smallest absolute Gasteiger partial charge is 0.339 e. The van der Waals surface area contributed by atoms with E-state index in [2.05, 4.69) is 16.3 Å². The maximum absolute atomic E-state index is 13.4. The van der Waals surface area contributed by atoms with Gasteiger partial charge in [-0.25, -0.2) is 0 Å². The number of amides is 2. The molecule has 0 saturated heterocycles. The Bertz CT molecular complexity index is 1540. The number of nitriles is 1. The Morgan fingerprint density at radius 1 is 1.26 bits per heavy atom. The van der Waals surface area contributed by atoms with Crippen molar-refractivity contribution in [2.45, 2.75) is 32.0 Å². The SMILES string of the molecule is N#Cc1cc(Cl)ccc1C1=CCN(C(=O)C[C@@H]2Cc3cc(Cl)c4[nH]ncc4c3CN(CC(F)(F)F)C2=O)CC1. The molecular formula is C27H22Cl2F3N5O2. The Kier molecular flexibility index (Phi) is 7.31. The highest BCUT2D eigenvalue weighted by Gasteiger charge is 2.39. The van der Waals surface area contributed by atoms with Gasteiger partial charge in [0.15, 0.2) is 0 Å². The van der Waals surface area contributed by atoms with E-state index in [1.165, 1.54) is 6.20 Å². The first-order valence-electron chi connectivity index (χ1n) is 12.2. The Balaban J connectivity index is 1.38. The molecule has 0 unspecified atom stereocenters. The lowest BCUT2D eigenvalue weighted by Crippen LogP contribution is -2.43. The molecule has 2 aromatic carbocycles. The van der Waals surface area contributed by atoms with E-state index in [-0.39, 0.29) is 31.8 Å². The molecule has 2 amide bonds. The number of carbonyl (C=O) groups excluding carboxylic acids is 2. The molecule has 0 fully saturated rings. The second-order valence-corrected chi connectivity index (χ2v) is 10.5. The largest absolute Gasteiger partial charge is 0.406 e. The minimum absolute atomic E-state index is 0.0837. The van der Waals surface area contributed by atoms with Crippen molar-refractivity contribution in [3.05, 3.63) is 68.8 Å². The number of hydrogen-bond donors (Lipinski definition) is 1. The van der Waals surface area contributed by atoms with E-state index in [0.29, 0.717) is 50.6 Å². The van der Waals surface area contributed by atoms with E-state index >= 15 is 0 Å². The Labute approximate surface area is 231 Å². The summed E-state index contributed by atoms with van der Waals surface area (Å²) in [6.07, 6.45) is -0.938. The van der Waals surface area contributed by atoms with Gasteiger partial charge in [-0.2, -0.15) is 23.5 Å². The number of halogens is 5. The van der Waals surface area contributed by atoms with Crippen LogP contribution in [0.4, 0.5) is 13.2 Å². The summed E-state index contributed by atoms with van der Waals surface area (Å²) in [5.41, 5.74) is 3.73. The van der Waals surface area contributed by atoms with Crippen LogP contribution in [0.25, 0.3) is 16.5 Å². The van der Waals surface area contributed by atoms with Gasteiger partial charge in [0, 0.05) is 36.5 Å². The average molecular weight is 576 g/mol. The fourth-order valence-electron chi connectivity index (χ4n) is 5.31. The van der Waals surface area contributed by atoms with Gasteiger partial charge in [-0.3, -0.25) is 14.7 Å². The summed E-state index contributed by atoms with van der Waals surface area (Å²) in [7, 11) is 0. The number of nitrogens with zero attached hydrogens (tertiary/aromatic N) is 4. The van der Waals surface area contributed by atoms with Crippen molar-refractivity contribution in [3.8, 4) is 6.07 Å². The first kappa shape index (κ1) is 27.0. The van der Waals surface area contributed by atoms with Crippen LogP contribution in [0.1, 0.15) is 35.1 Å². The highest BCUT2D eigenvalue weighted by atomic mass is 35.5. The van der Waals surface area contributed by atoms with Gasteiger partial charge < -0.3 is 9.80 Å². The standard InChI is InChI=1S/C27H22Cl2F3N5O2/c28-19-1-2-20(18(8-19)11-33)15-3-5-36(6-4-15)24(38)10-17-7-16-9-23(29)25-21(12-34-35-25)22(16)13-37(26(17)39)14-27(30,31)32/h1-3,8-9,12,17H,4-7,10,13-14H2,(H,34,35)/t17-/m0/s1. The zero-order chi connectivity index (χ0) is 27.9. The van der Waals surface area contributed by atoms with Crippen LogP contribution in [0.3, 0.4) is 0 Å². The first-order chi connectivity index (χ1) is 18.5. The fourth-order valence-corrected chi connectivity index (χ4v) is 5.76. The molecule has 0 saturated carbocycles. The number of fused-ring (bicyclic) bond motifs is 3. The normalized spacial score (nSPS) is 18.0. The third-order valence-electron chi connectivity index (χ3n) is 7.17. The summed E-state index contributed by atoms with van der Waals surface area (Å²) in [5.74, 6) is -2.03. The van der Waals surface area contributed by atoms with Gasteiger partial charge in [0.25, 0.3) is 0 Å². The number of hydrogen-bond acceptors (Lipinski definition) is 4. The number of H-pyrrole nitrogens is 1. The van der Waals surface area contributed by atoms with Crippen molar-refractivity contribution in [3.63, 3.8) is 0 Å². The number of rotatable bonds is 4. The number of nitrogens with one attached hydrogen (secondary N) is 1. The molecule has 1 aromatic heterocycles. The summed E-state index contributed by atoms with van der Waals surface area (Å²) in [6.45, 7) is -1.07. The molecule has 2 aliphatic rings. The number of alkyl halides is 3. The maximum Gasteiger partial charge on any atom is 0.406 e. The van der Waals surface area contributed by atoms with Crippen molar-refractivity contribution in [1.82, 2.24) is 20.0 Å². The molecule has 2 aliphatic heterocycles. The van der Waals surface area contributed by atoms with Gasteiger partial charge in [-0.15, -0.1) is 0 Å². The molecule has 12 heteroatoms. The minimum atomic E-state index is -4.60. The second kappa shape index (κ2) is 10.5. The molecule has 0 bridgehead atoms. The zero-order valence-corrected chi connectivity index (χ0v) is 22.0. The monoisotopic (exact) mass is 575 g/mol. The fraction of sp³-hybridized carbons (Fsp3) is 0.333. The Morgan fingerprint density at radius 3 is 2.74 bits per heavy atom. The van der Waals surface area contributed by atoms with Crippen LogP contribution in [0.2, 0.25) is 10.0 Å². The van der Waals surface area contributed by atoms with Crippen LogP contribution in [0.15, 0.2) is 36.5 Å². The van der Waals surface area contributed by atoms with Crippen LogP contribution in [-0.4, -0.2) is 57.6 Å². The Morgan fingerprint density at radius 2 is 2.05 bits per heavy atom. The van der Waals surface area contributed by atoms with Crippen molar-refractivity contribution in [1.29, 1.82) is 5.26 Å². The lowest BCUT2D eigenvalue weighted by Gasteiger charge is -2.29. The number of aromatic nitrogens is 2. The minimum Gasteiger partial charge on any atom is -0.339 e. The third-order valence-corrected chi connectivity index (χ3v) is 7.70. The van der Waals surface area contributed by atoms with Gasteiger partial charge in [0.1, 0.15) is 6.54 Å². The molecule has 1 atom stereocenters. The van der Waals surface area contributed by atoms with Crippen LogP contribution in [0.5, 0.6) is 0 Å². The summed E-state index contributed by atoms with van der Waals surface area (Å²) in [6, 6.07) is 8.81. The van der Waals surface area contributed by atoms with Crippen LogP contribution >= 0.6 is 23.2 Å². The highest BCUT2D eigenvalue weighted by Crippen LogP contribution is 2.35. The quantitative estimate of drug-likeness (QED) is 0.444. The number of aromatic amines is 1. The summed E-state index contributed by atoms with van der Waals surface area (Å²) in [5, 5.41) is 17.5. The molecule has 0 radical (unpaired) electrons. The summed E-state index contributed by atoms with van der Waals surface area (Å²) in [4.78, 5) is 29.0. The van der Waals surface area contributed by atoms with Gasteiger partial charge in [0.2, 0.25) is 11.8 Å². The van der Waals surface area contributed by atoms with E-state index in [0.717, 1.165) is 16.0 Å². The molecule has 7 nitrogen and oxygen atoms in total. The third kappa shape index (κ3) is 5.60. The number of benzene rings is 2. The first-order valence-corrected chi connectivity index (χ1v) is 13.0. The zero-order valence-electron chi connectivity index (χ0n) is 20.5. The maximum atomic E-state index is 13.4. The van der Waals surface area contributed by atoms with E-state index in [9.17, 15) is 28.0 Å². The molecule has 5 rings (SSSR count). The molecule has 0 aliphatic carbocycles. The highest BCUT2D eigenvalue weighted by molar-refractivity contribution is 6.35. The van der Waals surface area contributed by atoms with E-state index in [1.54, 1.807) is 29.2 Å². The van der Waals surface area contributed by atoms with Crippen molar-refractivity contribution < 1.29 is 22.8 Å². The number of carbonyl (C=O) groups is 2. The second-order valence-electron chi connectivity index (χ2n) is 9.69. The average Bonchev–Trinajstić information content (AvgIpc) is 3.35. The van der Waals surface area contributed by atoms with E-state index in [4.69, 9.17) is 23.2 Å². The molecular weight excluding hydrogens is 554 g/mol. The Hall–Kier alpha value is -3.55. The molecule has 3 heterocycles. The van der Waals surface area contributed by atoms with Crippen LogP contribution in [-0.2, 0) is 22.6 Å². The lowest BCUT2D eigenvalue weighted by molar-refractivity contribution is -0.165. The van der Waals surface area contributed by atoms with Gasteiger partial charge in [-0.05, 0) is 53.3 Å². The van der Waals surface area contributed by atoms with E-state index in [1.807, 2.05) is 6.08 Å². The molecule has 202 valence electrons. The lowest BCUT2D eigenvalue weighted by atomic mass is 9.92. The summed E-state index contributed by atoms with van der Waals surface area (Å²) >= 11 is 12.4. The van der Waals surface area contributed by atoms with Crippen LogP contribution in [0, 0.1) is 17.2 Å². The van der Waals surface area contributed by atoms with Crippen molar-refractivity contribution in [2.24, 2.45) is 5.92 Å². The van der Waals surface area contributed by atoms with Gasteiger partial charge in [0.05, 0.1) is 34.3 Å². The molecule has 0 spiro atoms. The van der Waals surface area contributed by atoms with Crippen LogP contribution < -0.4 is 0 Å². The predicted octanol–water partition coefficient (Wildman–Crippen LogP) is 5.51. The van der Waals surface area contributed by atoms with E-state index < -0.39 is 24.5 Å². The van der Waals surface area contributed by atoms with Crippen molar-refractivity contribution in [2.75, 3.05) is 19.6 Å². The molecule has 39 heavy (non-hydrogen) atoms. The topological polar surface area (TPSA) is 93.1 Å². The predicted molar refractivity (Wildman–Crippen MR) is 140 cm³/mol. The van der Waals surface area contributed by atoms with Gasteiger partial charge >= 0.3 is 6.18 Å². The molecule has 3 aromatic rings. The summed E-state index contributed by atoms with van der Waals surface area (Å²) < 4.78 is 40.3. The van der Waals surface area contributed by atoms with Crippen molar-refractivity contribution >= 4 is 51.5 Å².